The minimum atomic E-state index is 0.104. The molecule has 2 bridgehead atoms. The van der Waals surface area contributed by atoms with Gasteiger partial charge in [-0.3, -0.25) is 9.69 Å². The van der Waals surface area contributed by atoms with Gasteiger partial charge in [0.1, 0.15) is 0 Å². The second-order valence-corrected chi connectivity index (χ2v) is 8.51. The fraction of sp³-hybridized carbons (Fsp3) is 0.381. The van der Waals surface area contributed by atoms with Crippen LogP contribution in [-0.2, 0) is 6.54 Å². The summed E-state index contributed by atoms with van der Waals surface area (Å²) in [6, 6.07) is 12.8. The van der Waals surface area contributed by atoms with Crippen molar-refractivity contribution in [3.63, 3.8) is 0 Å². The molecular formula is C21H23Cl2N3O. The van der Waals surface area contributed by atoms with Crippen molar-refractivity contribution in [2.75, 3.05) is 31.9 Å². The van der Waals surface area contributed by atoms with Gasteiger partial charge in [-0.25, -0.2) is 0 Å². The SMILES string of the molecule is Nc1ccc(C(=O)N2CC3CC(CN(Cc4c(Cl)cccc4Cl)C3)C2)cc1. The van der Waals surface area contributed by atoms with Crippen molar-refractivity contribution in [2.24, 2.45) is 11.8 Å². The molecule has 0 aliphatic carbocycles. The molecule has 2 atom stereocenters. The molecule has 2 aromatic rings. The number of nitrogen functional groups attached to an aromatic ring is 1. The molecule has 2 unspecified atom stereocenters. The van der Waals surface area contributed by atoms with Gasteiger partial charge in [0.25, 0.3) is 5.91 Å². The predicted molar refractivity (Wildman–Crippen MR) is 110 cm³/mol. The van der Waals surface area contributed by atoms with E-state index in [1.807, 2.05) is 35.2 Å². The predicted octanol–water partition coefficient (Wildman–Crippen LogP) is 4.17. The van der Waals surface area contributed by atoms with E-state index in [1.165, 1.54) is 6.42 Å². The number of hydrogen-bond donors (Lipinski definition) is 1. The van der Waals surface area contributed by atoms with Gasteiger partial charge >= 0.3 is 0 Å². The van der Waals surface area contributed by atoms with Crippen molar-refractivity contribution in [3.8, 4) is 0 Å². The highest BCUT2D eigenvalue weighted by atomic mass is 35.5. The zero-order chi connectivity index (χ0) is 19.0. The largest absolute Gasteiger partial charge is 0.399 e. The summed E-state index contributed by atoms with van der Waals surface area (Å²) in [5.74, 6) is 1.07. The molecule has 6 heteroatoms. The molecule has 142 valence electrons. The maximum absolute atomic E-state index is 12.8. The lowest BCUT2D eigenvalue weighted by Crippen LogP contribution is -2.53. The number of nitrogens with two attached hydrogens (primary N) is 1. The number of carbonyl (C=O) groups excluding carboxylic acids is 1. The minimum absolute atomic E-state index is 0.104. The first kappa shape index (κ1) is 18.6. The molecule has 0 aromatic heterocycles. The van der Waals surface area contributed by atoms with Gasteiger partial charge in [0.15, 0.2) is 0 Å². The van der Waals surface area contributed by atoms with Crippen LogP contribution in [0.15, 0.2) is 42.5 Å². The Bertz CT molecular complexity index is 806. The number of anilines is 1. The summed E-state index contributed by atoms with van der Waals surface area (Å²) in [5.41, 5.74) is 8.12. The molecule has 2 heterocycles. The molecule has 2 aromatic carbocycles. The highest BCUT2D eigenvalue weighted by Gasteiger charge is 2.36. The van der Waals surface area contributed by atoms with Gasteiger partial charge in [-0.05, 0) is 54.7 Å². The van der Waals surface area contributed by atoms with Gasteiger partial charge in [0.2, 0.25) is 0 Å². The highest BCUT2D eigenvalue weighted by molar-refractivity contribution is 6.35. The Morgan fingerprint density at radius 1 is 0.963 bits per heavy atom. The Morgan fingerprint density at radius 2 is 1.56 bits per heavy atom. The number of hydrogen-bond acceptors (Lipinski definition) is 3. The number of fused-ring (bicyclic) bond motifs is 2. The minimum Gasteiger partial charge on any atom is -0.399 e. The second-order valence-electron chi connectivity index (χ2n) is 7.69. The van der Waals surface area contributed by atoms with Crippen molar-refractivity contribution >= 4 is 34.8 Å². The number of amides is 1. The quantitative estimate of drug-likeness (QED) is 0.782. The molecule has 2 aliphatic rings. The molecule has 1 amide bonds. The highest BCUT2D eigenvalue weighted by Crippen LogP contribution is 2.32. The van der Waals surface area contributed by atoms with Gasteiger partial charge in [-0.1, -0.05) is 29.3 Å². The first-order valence-electron chi connectivity index (χ1n) is 9.29. The van der Waals surface area contributed by atoms with Crippen LogP contribution >= 0.6 is 23.2 Å². The van der Waals surface area contributed by atoms with Gasteiger partial charge in [0, 0.05) is 59.6 Å². The molecule has 2 N–H and O–H groups in total. The van der Waals surface area contributed by atoms with E-state index in [-0.39, 0.29) is 5.91 Å². The smallest absolute Gasteiger partial charge is 0.253 e. The number of rotatable bonds is 3. The third-order valence-electron chi connectivity index (χ3n) is 5.54. The van der Waals surface area contributed by atoms with E-state index in [0.29, 0.717) is 23.1 Å². The first-order chi connectivity index (χ1) is 13.0. The van der Waals surface area contributed by atoms with Crippen LogP contribution in [0.1, 0.15) is 22.3 Å². The third-order valence-corrected chi connectivity index (χ3v) is 6.25. The Balaban J connectivity index is 1.42. The summed E-state index contributed by atoms with van der Waals surface area (Å²) >= 11 is 12.7. The molecule has 2 fully saturated rings. The van der Waals surface area contributed by atoms with Gasteiger partial charge in [0.05, 0.1) is 0 Å². The maximum atomic E-state index is 12.8. The zero-order valence-electron chi connectivity index (χ0n) is 15.1. The molecule has 27 heavy (non-hydrogen) atoms. The van der Waals surface area contributed by atoms with E-state index in [1.54, 1.807) is 12.1 Å². The Kier molecular flexibility index (Phi) is 5.31. The average molecular weight is 404 g/mol. The van der Waals surface area contributed by atoms with E-state index >= 15 is 0 Å². The standard InChI is InChI=1S/C21H23Cl2N3O/c22-19-2-1-3-20(23)18(19)13-25-9-14-8-15(10-25)12-26(11-14)21(27)16-4-6-17(24)7-5-16/h1-7,14-15H,8-13,24H2. The number of likely N-dealkylation sites (tertiary alicyclic amines) is 2. The first-order valence-corrected chi connectivity index (χ1v) is 10.0. The molecule has 2 aliphatic heterocycles. The lowest BCUT2D eigenvalue weighted by Gasteiger charge is -2.46. The summed E-state index contributed by atoms with van der Waals surface area (Å²) in [7, 11) is 0. The van der Waals surface area contributed by atoms with Crippen molar-refractivity contribution in [3.05, 3.63) is 63.6 Å². The Labute approximate surface area is 169 Å². The van der Waals surface area contributed by atoms with Gasteiger partial charge in [-0.2, -0.15) is 0 Å². The van der Waals surface area contributed by atoms with E-state index in [4.69, 9.17) is 28.9 Å². The van der Waals surface area contributed by atoms with E-state index in [0.717, 1.165) is 48.3 Å². The Hall–Kier alpha value is -1.75. The lowest BCUT2D eigenvalue weighted by atomic mass is 9.84. The molecule has 0 radical (unpaired) electrons. The molecular weight excluding hydrogens is 381 g/mol. The van der Waals surface area contributed by atoms with Crippen LogP contribution in [0.2, 0.25) is 10.0 Å². The monoisotopic (exact) mass is 403 g/mol. The van der Waals surface area contributed by atoms with Gasteiger partial charge in [-0.15, -0.1) is 0 Å². The zero-order valence-corrected chi connectivity index (χ0v) is 16.6. The van der Waals surface area contributed by atoms with E-state index < -0.39 is 0 Å². The van der Waals surface area contributed by atoms with Crippen LogP contribution in [0.25, 0.3) is 0 Å². The molecule has 4 nitrogen and oxygen atoms in total. The summed E-state index contributed by atoms with van der Waals surface area (Å²) in [6.07, 6.45) is 1.18. The normalized spacial score (nSPS) is 22.7. The van der Waals surface area contributed by atoms with E-state index in [9.17, 15) is 4.79 Å². The van der Waals surface area contributed by atoms with Crippen molar-refractivity contribution < 1.29 is 4.79 Å². The molecule has 0 saturated carbocycles. The third kappa shape index (κ3) is 4.08. The molecule has 2 saturated heterocycles. The summed E-state index contributed by atoms with van der Waals surface area (Å²) in [5, 5.41) is 1.44. The fourth-order valence-electron chi connectivity index (χ4n) is 4.40. The lowest BCUT2D eigenvalue weighted by molar-refractivity contribution is 0.0238. The van der Waals surface area contributed by atoms with Crippen LogP contribution in [-0.4, -0.2) is 41.9 Å². The summed E-state index contributed by atoms with van der Waals surface area (Å²) < 4.78 is 0. The fourth-order valence-corrected chi connectivity index (χ4v) is 4.91. The summed E-state index contributed by atoms with van der Waals surface area (Å²) in [4.78, 5) is 17.3. The number of benzene rings is 2. The number of nitrogens with zero attached hydrogens (tertiary/aromatic N) is 2. The number of carbonyl (C=O) groups is 1. The van der Waals surface area contributed by atoms with E-state index in [2.05, 4.69) is 4.90 Å². The van der Waals surface area contributed by atoms with Crippen LogP contribution in [0.4, 0.5) is 5.69 Å². The van der Waals surface area contributed by atoms with Crippen molar-refractivity contribution in [2.45, 2.75) is 13.0 Å². The summed E-state index contributed by atoms with van der Waals surface area (Å²) in [6.45, 7) is 4.28. The molecule has 4 rings (SSSR count). The van der Waals surface area contributed by atoms with Crippen LogP contribution in [0, 0.1) is 11.8 Å². The van der Waals surface area contributed by atoms with Crippen LogP contribution in [0.5, 0.6) is 0 Å². The molecule has 0 spiro atoms. The van der Waals surface area contributed by atoms with Crippen molar-refractivity contribution in [1.29, 1.82) is 0 Å². The van der Waals surface area contributed by atoms with Gasteiger partial charge < -0.3 is 10.6 Å². The maximum Gasteiger partial charge on any atom is 0.253 e. The van der Waals surface area contributed by atoms with Crippen LogP contribution < -0.4 is 5.73 Å². The average Bonchev–Trinajstić information content (AvgIpc) is 2.64. The van der Waals surface area contributed by atoms with Crippen molar-refractivity contribution in [1.82, 2.24) is 9.80 Å². The topological polar surface area (TPSA) is 49.6 Å². The number of halogens is 2. The number of piperidine rings is 2. The van der Waals surface area contributed by atoms with Crippen LogP contribution in [0.3, 0.4) is 0 Å². The second kappa shape index (κ2) is 7.70. The Morgan fingerprint density at radius 3 is 2.15 bits per heavy atom.